The van der Waals surface area contributed by atoms with Gasteiger partial charge in [0.15, 0.2) is 0 Å². The summed E-state index contributed by atoms with van der Waals surface area (Å²) in [7, 11) is 1.72. The number of methoxy groups -OCH3 is 1. The number of fused-ring (bicyclic) bond motifs is 1. The molecule has 0 spiro atoms. The van der Waals surface area contributed by atoms with Crippen molar-refractivity contribution in [3.63, 3.8) is 0 Å². The number of benzene rings is 1. The molecule has 2 heteroatoms. The van der Waals surface area contributed by atoms with Crippen LogP contribution in [-0.2, 0) is 6.42 Å². The quantitative estimate of drug-likeness (QED) is 0.785. The number of ether oxygens (including phenoxy) is 1. The van der Waals surface area contributed by atoms with Crippen LogP contribution in [0.4, 0.5) is 5.69 Å². The predicted octanol–water partition coefficient (Wildman–Crippen LogP) is 3.39. The maximum absolute atomic E-state index is 5.28. The molecule has 2 aliphatic rings. The Bertz CT molecular complexity index is 452. The molecule has 1 heterocycles. The van der Waals surface area contributed by atoms with Crippen molar-refractivity contribution in [2.24, 2.45) is 5.92 Å². The molecule has 3 rings (SSSR count). The van der Waals surface area contributed by atoms with Crippen molar-refractivity contribution in [2.75, 3.05) is 12.4 Å². The van der Waals surface area contributed by atoms with Crippen molar-refractivity contribution in [3.05, 3.63) is 35.9 Å². The lowest BCUT2D eigenvalue weighted by Gasteiger charge is -2.20. The molecule has 1 fully saturated rings. The van der Waals surface area contributed by atoms with Gasteiger partial charge >= 0.3 is 0 Å². The van der Waals surface area contributed by atoms with Crippen LogP contribution in [0.15, 0.2) is 30.4 Å². The van der Waals surface area contributed by atoms with E-state index in [9.17, 15) is 0 Å². The Kier molecular flexibility index (Phi) is 2.58. The molecule has 2 nitrogen and oxygen atoms in total. The molecule has 0 amide bonds. The van der Waals surface area contributed by atoms with Gasteiger partial charge in [-0.1, -0.05) is 12.2 Å². The molecular weight excluding hydrogens is 210 g/mol. The largest absolute Gasteiger partial charge is 0.497 e. The lowest BCUT2D eigenvalue weighted by Crippen LogP contribution is -2.25. The smallest absolute Gasteiger partial charge is 0.119 e. The summed E-state index contributed by atoms with van der Waals surface area (Å²) in [4.78, 5) is 0. The van der Waals surface area contributed by atoms with E-state index in [0.717, 1.165) is 12.2 Å². The van der Waals surface area contributed by atoms with Gasteiger partial charge in [0.2, 0.25) is 0 Å². The third-order valence-electron chi connectivity index (χ3n) is 4.12. The average molecular weight is 229 g/mol. The number of hydrogen-bond acceptors (Lipinski definition) is 2. The average Bonchev–Trinajstić information content (AvgIpc) is 2.93. The Morgan fingerprint density at radius 1 is 1.41 bits per heavy atom. The van der Waals surface area contributed by atoms with Gasteiger partial charge < -0.3 is 10.1 Å². The van der Waals surface area contributed by atoms with Gasteiger partial charge in [-0.15, -0.1) is 0 Å². The SMILES string of the molecule is C=C1CCC[C@H]1[C@@H]1Cc2cc(OC)ccc2N1. The first-order valence-electron chi connectivity index (χ1n) is 6.39. The molecule has 1 aromatic carbocycles. The van der Waals surface area contributed by atoms with Gasteiger partial charge in [0.1, 0.15) is 5.75 Å². The first kappa shape index (κ1) is 10.7. The van der Waals surface area contributed by atoms with E-state index in [0.29, 0.717) is 12.0 Å². The van der Waals surface area contributed by atoms with E-state index in [-0.39, 0.29) is 0 Å². The van der Waals surface area contributed by atoms with E-state index in [1.54, 1.807) is 7.11 Å². The van der Waals surface area contributed by atoms with Crippen LogP contribution < -0.4 is 10.1 Å². The predicted molar refractivity (Wildman–Crippen MR) is 70.6 cm³/mol. The molecule has 1 aliphatic carbocycles. The first-order chi connectivity index (χ1) is 8.28. The molecule has 1 saturated carbocycles. The third-order valence-corrected chi connectivity index (χ3v) is 4.12. The summed E-state index contributed by atoms with van der Waals surface area (Å²) in [5.74, 6) is 1.62. The highest BCUT2D eigenvalue weighted by atomic mass is 16.5. The van der Waals surface area contributed by atoms with E-state index < -0.39 is 0 Å². The minimum absolute atomic E-state index is 0.548. The molecule has 1 aliphatic heterocycles. The van der Waals surface area contributed by atoms with E-state index in [1.165, 1.54) is 36.1 Å². The van der Waals surface area contributed by atoms with Crippen molar-refractivity contribution >= 4 is 5.69 Å². The van der Waals surface area contributed by atoms with Crippen molar-refractivity contribution in [1.29, 1.82) is 0 Å². The zero-order chi connectivity index (χ0) is 11.8. The third kappa shape index (κ3) is 1.82. The van der Waals surface area contributed by atoms with Crippen LogP contribution >= 0.6 is 0 Å². The van der Waals surface area contributed by atoms with Crippen LogP contribution in [0.2, 0.25) is 0 Å². The molecule has 0 unspecified atom stereocenters. The maximum Gasteiger partial charge on any atom is 0.119 e. The molecule has 1 aromatic rings. The minimum atomic E-state index is 0.548. The molecule has 0 aromatic heterocycles. The van der Waals surface area contributed by atoms with Gasteiger partial charge in [-0.3, -0.25) is 0 Å². The molecular formula is C15H19NO. The van der Waals surface area contributed by atoms with Crippen LogP contribution in [0.3, 0.4) is 0 Å². The van der Waals surface area contributed by atoms with Crippen LogP contribution in [-0.4, -0.2) is 13.2 Å². The Balaban J connectivity index is 1.80. The zero-order valence-corrected chi connectivity index (χ0v) is 10.3. The Labute approximate surface area is 103 Å². The molecule has 2 atom stereocenters. The summed E-state index contributed by atoms with van der Waals surface area (Å²) in [6.07, 6.45) is 4.92. The van der Waals surface area contributed by atoms with Crippen LogP contribution in [0.1, 0.15) is 24.8 Å². The van der Waals surface area contributed by atoms with Gasteiger partial charge in [0, 0.05) is 17.6 Å². The zero-order valence-electron chi connectivity index (χ0n) is 10.3. The summed E-state index contributed by atoms with van der Waals surface area (Å²) in [6, 6.07) is 6.86. The second-order valence-corrected chi connectivity index (χ2v) is 5.14. The standard InChI is InChI=1S/C15H19NO/c1-10-4-3-5-13(10)15-9-11-8-12(17-2)6-7-14(11)16-15/h6-8,13,15-16H,1,3-5,9H2,2H3/t13-,15+/m1/s1. The van der Waals surface area contributed by atoms with E-state index in [4.69, 9.17) is 4.74 Å². The van der Waals surface area contributed by atoms with Crippen LogP contribution in [0.25, 0.3) is 0 Å². The molecule has 0 radical (unpaired) electrons. The van der Waals surface area contributed by atoms with Crippen LogP contribution in [0, 0.1) is 5.92 Å². The van der Waals surface area contributed by atoms with E-state index >= 15 is 0 Å². The fourth-order valence-corrected chi connectivity index (χ4v) is 3.16. The Hall–Kier alpha value is -1.44. The van der Waals surface area contributed by atoms with Gasteiger partial charge in [-0.05, 0) is 49.4 Å². The highest BCUT2D eigenvalue weighted by Crippen LogP contribution is 2.39. The van der Waals surface area contributed by atoms with Crippen molar-refractivity contribution < 1.29 is 4.74 Å². The molecule has 1 N–H and O–H groups in total. The fourth-order valence-electron chi connectivity index (χ4n) is 3.16. The summed E-state index contributed by atoms with van der Waals surface area (Å²) in [5, 5.41) is 3.64. The minimum Gasteiger partial charge on any atom is -0.497 e. The lowest BCUT2D eigenvalue weighted by molar-refractivity contribution is 0.414. The topological polar surface area (TPSA) is 21.3 Å². The monoisotopic (exact) mass is 229 g/mol. The Morgan fingerprint density at radius 3 is 3.00 bits per heavy atom. The summed E-state index contributed by atoms with van der Waals surface area (Å²) in [6.45, 7) is 4.21. The summed E-state index contributed by atoms with van der Waals surface area (Å²) < 4.78 is 5.28. The van der Waals surface area contributed by atoms with E-state index in [1.807, 2.05) is 6.07 Å². The highest BCUT2D eigenvalue weighted by Gasteiger charge is 2.32. The molecule has 90 valence electrons. The summed E-state index contributed by atoms with van der Waals surface area (Å²) >= 11 is 0. The lowest BCUT2D eigenvalue weighted by atomic mass is 9.92. The molecule has 0 saturated heterocycles. The first-order valence-corrected chi connectivity index (χ1v) is 6.39. The van der Waals surface area contributed by atoms with Crippen molar-refractivity contribution in [2.45, 2.75) is 31.7 Å². The summed E-state index contributed by atoms with van der Waals surface area (Å²) in [5.41, 5.74) is 4.09. The van der Waals surface area contributed by atoms with Gasteiger partial charge in [0.25, 0.3) is 0 Å². The number of nitrogens with one attached hydrogen (secondary N) is 1. The fraction of sp³-hybridized carbons (Fsp3) is 0.467. The van der Waals surface area contributed by atoms with Gasteiger partial charge in [0.05, 0.1) is 7.11 Å². The van der Waals surface area contributed by atoms with E-state index in [2.05, 4.69) is 24.0 Å². The second-order valence-electron chi connectivity index (χ2n) is 5.14. The van der Waals surface area contributed by atoms with Crippen molar-refractivity contribution in [3.8, 4) is 5.75 Å². The number of rotatable bonds is 2. The van der Waals surface area contributed by atoms with Gasteiger partial charge in [-0.2, -0.15) is 0 Å². The Morgan fingerprint density at radius 2 is 2.29 bits per heavy atom. The normalized spacial score (nSPS) is 26.8. The number of hydrogen-bond donors (Lipinski definition) is 1. The second kappa shape index (κ2) is 4.10. The molecule has 0 bridgehead atoms. The highest BCUT2D eigenvalue weighted by molar-refractivity contribution is 5.59. The van der Waals surface area contributed by atoms with Gasteiger partial charge in [-0.25, -0.2) is 0 Å². The maximum atomic E-state index is 5.28. The number of anilines is 1. The van der Waals surface area contributed by atoms with Crippen LogP contribution in [0.5, 0.6) is 5.75 Å². The van der Waals surface area contributed by atoms with Crippen molar-refractivity contribution in [1.82, 2.24) is 0 Å². The molecule has 17 heavy (non-hydrogen) atoms.